The summed E-state index contributed by atoms with van der Waals surface area (Å²) in [6, 6.07) is 7.41. The quantitative estimate of drug-likeness (QED) is 0.680. The van der Waals surface area contributed by atoms with Gasteiger partial charge in [-0.05, 0) is 18.1 Å². The minimum atomic E-state index is -0.353. The molecule has 0 fully saturated rings. The topological polar surface area (TPSA) is 37.4 Å². The summed E-state index contributed by atoms with van der Waals surface area (Å²) in [5, 5.41) is 0. The highest BCUT2D eigenvalue weighted by Crippen LogP contribution is 2.27. The Balaban J connectivity index is 2.46. The largest absolute Gasteiger partial charge is 0.274 e. The monoisotopic (exact) mass is 223 g/mol. The van der Waals surface area contributed by atoms with E-state index in [1.54, 1.807) is 6.07 Å². The Morgan fingerprint density at radius 3 is 2.80 bits per heavy atom. The molecular formula is C11H10ClNO2. The van der Waals surface area contributed by atoms with Crippen LogP contribution in [0.3, 0.4) is 0 Å². The maximum absolute atomic E-state index is 11.6. The van der Waals surface area contributed by atoms with E-state index >= 15 is 0 Å². The number of nitrogens with zero attached hydrogens (tertiary/aromatic N) is 1. The number of alkyl halides is 1. The maximum Gasteiger partial charge on any atom is 0.248 e. The number of carbonyl (C=O) groups excluding carboxylic acids is 2. The van der Waals surface area contributed by atoms with Crippen LogP contribution < -0.4 is 4.90 Å². The first-order chi connectivity index (χ1) is 7.24. The van der Waals surface area contributed by atoms with Gasteiger partial charge in [0.05, 0.1) is 5.69 Å². The van der Waals surface area contributed by atoms with Crippen LogP contribution in [0.4, 0.5) is 5.69 Å². The molecule has 0 radical (unpaired) electrons. The first-order valence-corrected chi connectivity index (χ1v) is 5.27. The number of amides is 2. The molecule has 1 aromatic carbocycles. The summed E-state index contributed by atoms with van der Waals surface area (Å²) >= 11 is 5.47. The summed E-state index contributed by atoms with van der Waals surface area (Å²) < 4.78 is 0. The highest BCUT2D eigenvalue weighted by molar-refractivity contribution is 6.33. The van der Waals surface area contributed by atoms with E-state index in [0.29, 0.717) is 18.5 Å². The molecule has 4 heteroatoms. The van der Waals surface area contributed by atoms with Gasteiger partial charge in [-0.25, -0.2) is 4.90 Å². The molecule has 0 spiro atoms. The summed E-state index contributed by atoms with van der Waals surface area (Å²) in [6.45, 7) is 0. The third-order valence-corrected chi connectivity index (χ3v) is 2.68. The number of hydrogen-bond acceptors (Lipinski definition) is 2. The Bertz CT molecular complexity index is 417. The highest BCUT2D eigenvalue weighted by Gasteiger charge is 2.28. The second-order valence-corrected chi connectivity index (χ2v) is 3.65. The van der Waals surface area contributed by atoms with Crippen LogP contribution in [-0.4, -0.2) is 17.7 Å². The van der Waals surface area contributed by atoms with E-state index < -0.39 is 0 Å². The van der Waals surface area contributed by atoms with E-state index in [9.17, 15) is 9.59 Å². The minimum Gasteiger partial charge on any atom is -0.274 e. The second kappa shape index (κ2) is 4.03. The highest BCUT2D eigenvalue weighted by atomic mass is 35.5. The summed E-state index contributed by atoms with van der Waals surface area (Å²) in [5.41, 5.74) is 1.70. The van der Waals surface area contributed by atoms with Gasteiger partial charge in [0.2, 0.25) is 11.8 Å². The summed E-state index contributed by atoms with van der Waals surface area (Å²) in [5.74, 6) is -0.687. The Morgan fingerprint density at radius 1 is 1.33 bits per heavy atom. The molecule has 0 saturated carbocycles. The molecular weight excluding hydrogens is 214 g/mol. The van der Waals surface area contributed by atoms with Crippen molar-refractivity contribution < 1.29 is 9.59 Å². The summed E-state index contributed by atoms with van der Waals surface area (Å²) in [7, 11) is 0. The zero-order chi connectivity index (χ0) is 10.8. The van der Waals surface area contributed by atoms with E-state index in [2.05, 4.69) is 0 Å². The Morgan fingerprint density at radius 2 is 2.07 bits per heavy atom. The zero-order valence-corrected chi connectivity index (χ0v) is 8.83. The molecule has 15 heavy (non-hydrogen) atoms. The molecule has 0 unspecified atom stereocenters. The number of benzene rings is 1. The van der Waals surface area contributed by atoms with Gasteiger partial charge in [0, 0.05) is 6.42 Å². The van der Waals surface area contributed by atoms with E-state index in [4.69, 9.17) is 11.6 Å². The van der Waals surface area contributed by atoms with Crippen LogP contribution in [0.5, 0.6) is 0 Å². The average molecular weight is 224 g/mol. The van der Waals surface area contributed by atoms with Gasteiger partial charge in [-0.1, -0.05) is 18.2 Å². The first-order valence-electron chi connectivity index (χ1n) is 4.73. The zero-order valence-electron chi connectivity index (χ0n) is 8.07. The van der Waals surface area contributed by atoms with Crippen molar-refractivity contribution in [2.75, 3.05) is 10.8 Å². The molecule has 1 aliphatic heterocycles. The number of fused-ring (bicyclic) bond motifs is 1. The average Bonchev–Trinajstić information content (AvgIpc) is 2.28. The van der Waals surface area contributed by atoms with Crippen molar-refractivity contribution in [3.63, 3.8) is 0 Å². The van der Waals surface area contributed by atoms with Crippen LogP contribution in [-0.2, 0) is 16.0 Å². The molecule has 0 atom stereocenters. The number of halogens is 1. The summed E-state index contributed by atoms with van der Waals surface area (Å²) in [4.78, 5) is 24.3. The van der Waals surface area contributed by atoms with Crippen molar-refractivity contribution in [1.29, 1.82) is 0 Å². The van der Waals surface area contributed by atoms with Crippen LogP contribution in [0, 0.1) is 0 Å². The SMILES string of the molecule is O=C(CCl)N1C(=O)CCc2ccccc21. The molecule has 0 bridgehead atoms. The van der Waals surface area contributed by atoms with Gasteiger partial charge in [0.1, 0.15) is 5.88 Å². The van der Waals surface area contributed by atoms with E-state index in [1.165, 1.54) is 4.90 Å². The van der Waals surface area contributed by atoms with Crippen LogP contribution in [0.15, 0.2) is 24.3 Å². The normalized spacial score (nSPS) is 15.0. The summed E-state index contributed by atoms with van der Waals surface area (Å²) in [6.07, 6.45) is 1.07. The fraction of sp³-hybridized carbons (Fsp3) is 0.273. The fourth-order valence-corrected chi connectivity index (χ4v) is 1.88. The fourth-order valence-electron chi connectivity index (χ4n) is 1.76. The van der Waals surface area contributed by atoms with Crippen molar-refractivity contribution in [3.8, 4) is 0 Å². The standard InChI is InChI=1S/C11H10ClNO2/c12-7-11(15)13-9-4-2-1-3-8(9)5-6-10(13)14/h1-4H,5-7H2. The van der Waals surface area contributed by atoms with Crippen LogP contribution in [0.25, 0.3) is 0 Å². The van der Waals surface area contributed by atoms with Gasteiger partial charge in [-0.15, -0.1) is 11.6 Å². The molecule has 0 aromatic heterocycles. The van der Waals surface area contributed by atoms with Gasteiger partial charge in [0.15, 0.2) is 0 Å². The number of aryl methyl sites for hydroxylation is 1. The Labute approximate surface area is 92.6 Å². The number of imide groups is 1. The van der Waals surface area contributed by atoms with Crippen molar-refractivity contribution in [2.45, 2.75) is 12.8 Å². The maximum atomic E-state index is 11.6. The third-order valence-electron chi connectivity index (χ3n) is 2.45. The smallest absolute Gasteiger partial charge is 0.248 e. The van der Waals surface area contributed by atoms with Gasteiger partial charge in [-0.3, -0.25) is 9.59 Å². The lowest BCUT2D eigenvalue weighted by atomic mass is 10.0. The lowest BCUT2D eigenvalue weighted by molar-refractivity contribution is -0.125. The van der Waals surface area contributed by atoms with Gasteiger partial charge in [-0.2, -0.15) is 0 Å². The lowest BCUT2D eigenvalue weighted by Gasteiger charge is -2.26. The van der Waals surface area contributed by atoms with Crippen LogP contribution in [0.2, 0.25) is 0 Å². The number of anilines is 1. The van der Waals surface area contributed by atoms with E-state index in [-0.39, 0.29) is 17.7 Å². The first kappa shape index (κ1) is 10.2. The molecule has 0 aliphatic carbocycles. The van der Waals surface area contributed by atoms with Crippen molar-refractivity contribution in [1.82, 2.24) is 0 Å². The van der Waals surface area contributed by atoms with Gasteiger partial charge in [0.25, 0.3) is 0 Å². The third kappa shape index (κ3) is 1.75. The van der Waals surface area contributed by atoms with Crippen molar-refractivity contribution in [3.05, 3.63) is 29.8 Å². The van der Waals surface area contributed by atoms with Crippen LogP contribution >= 0.6 is 11.6 Å². The van der Waals surface area contributed by atoms with E-state index in [1.807, 2.05) is 18.2 Å². The number of para-hydroxylation sites is 1. The second-order valence-electron chi connectivity index (χ2n) is 3.39. The molecule has 0 saturated heterocycles. The molecule has 1 aromatic rings. The molecule has 1 heterocycles. The van der Waals surface area contributed by atoms with Crippen molar-refractivity contribution in [2.24, 2.45) is 0 Å². The number of carbonyl (C=O) groups is 2. The van der Waals surface area contributed by atoms with Gasteiger partial charge >= 0.3 is 0 Å². The molecule has 3 nitrogen and oxygen atoms in total. The number of hydrogen-bond donors (Lipinski definition) is 0. The molecule has 2 amide bonds. The predicted octanol–water partition coefficient (Wildman–Crippen LogP) is 1.73. The molecule has 2 rings (SSSR count). The number of rotatable bonds is 1. The van der Waals surface area contributed by atoms with Gasteiger partial charge < -0.3 is 0 Å². The predicted molar refractivity (Wildman–Crippen MR) is 58.0 cm³/mol. The van der Waals surface area contributed by atoms with E-state index in [0.717, 1.165) is 5.56 Å². The van der Waals surface area contributed by atoms with Crippen molar-refractivity contribution >= 4 is 29.1 Å². The Kier molecular flexibility index (Phi) is 2.73. The van der Waals surface area contributed by atoms with Crippen LogP contribution in [0.1, 0.15) is 12.0 Å². The Hall–Kier alpha value is -1.35. The minimum absolute atomic E-state index is 0.167. The molecule has 78 valence electrons. The molecule has 0 N–H and O–H groups in total. The molecule has 1 aliphatic rings. The lowest BCUT2D eigenvalue weighted by Crippen LogP contribution is -2.40.